The zero-order valence-corrected chi connectivity index (χ0v) is 19.5. The monoisotopic (exact) mass is 482 g/mol. The second kappa shape index (κ2) is 8.75. The largest absolute Gasteiger partial charge is 0.508 e. The van der Waals surface area contributed by atoms with Gasteiger partial charge in [0.05, 0.1) is 17.1 Å². The lowest BCUT2D eigenvalue weighted by atomic mass is 10.1. The molecule has 0 atom stereocenters. The SMILES string of the molecule is CN1CCN(c2ccc(C(=O)Nc3n[nH]c4c3CN(S(=O)(=O)c3cccc(O)c3)C4)cc2)CC1. The molecule has 10 nitrogen and oxygen atoms in total. The first-order valence-electron chi connectivity index (χ1n) is 11.0. The van der Waals surface area contributed by atoms with E-state index in [9.17, 15) is 18.3 Å². The average molecular weight is 483 g/mol. The Morgan fingerprint density at radius 2 is 1.79 bits per heavy atom. The van der Waals surface area contributed by atoms with Gasteiger partial charge >= 0.3 is 0 Å². The van der Waals surface area contributed by atoms with E-state index in [4.69, 9.17) is 0 Å². The highest BCUT2D eigenvalue weighted by Crippen LogP contribution is 2.32. The number of anilines is 2. The van der Waals surface area contributed by atoms with Gasteiger partial charge in [-0.15, -0.1) is 0 Å². The number of carbonyl (C=O) groups is 1. The summed E-state index contributed by atoms with van der Waals surface area (Å²) >= 11 is 0. The second-order valence-electron chi connectivity index (χ2n) is 8.59. The predicted octanol–water partition coefficient (Wildman–Crippen LogP) is 1.82. The van der Waals surface area contributed by atoms with Crippen LogP contribution in [0.15, 0.2) is 53.4 Å². The van der Waals surface area contributed by atoms with Crippen LogP contribution in [-0.2, 0) is 23.1 Å². The van der Waals surface area contributed by atoms with Crippen molar-refractivity contribution in [2.24, 2.45) is 0 Å². The highest BCUT2D eigenvalue weighted by atomic mass is 32.2. The molecule has 1 fully saturated rings. The number of phenolic OH excluding ortho intramolecular Hbond substituents is 1. The molecule has 3 heterocycles. The van der Waals surface area contributed by atoms with Gasteiger partial charge in [0.2, 0.25) is 10.0 Å². The number of piperazine rings is 1. The van der Waals surface area contributed by atoms with E-state index < -0.39 is 10.0 Å². The molecule has 3 N–H and O–H groups in total. The molecule has 2 aromatic carbocycles. The molecule has 5 rings (SSSR count). The summed E-state index contributed by atoms with van der Waals surface area (Å²) < 4.78 is 27.2. The molecule has 2 aliphatic heterocycles. The van der Waals surface area contributed by atoms with E-state index in [2.05, 4.69) is 32.4 Å². The van der Waals surface area contributed by atoms with Crippen LogP contribution in [0.1, 0.15) is 21.6 Å². The Labute approximate surface area is 197 Å². The third-order valence-electron chi connectivity index (χ3n) is 6.31. The minimum absolute atomic E-state index is 0.0108. The first kappa shape index (κ1) is 22.4. The summed E-state index contributed by atoms with van der Waals surface area (Å²) in [6.07, 6.45) is 0. The number of aromatic amines is 1. The predicted molar refractivity (Wildman–Crippen MR) is 127 cm³/mol. The molecular formula is C23H26N6O4S. The van der Waals surface area contributed by atoms with Crippen molar-refractivity contribution >= 4 is 27.4 Å². The zero-order chi connectivity index (χ0) is 23.9. The van der Waals surface area contributed by atoms with Gasteiger partial charge in [-0.25, -0.2) is 8.42 Å². The number of nitrogens with one attached hydrogen (secondary N) is 2. The number of nitrogens with zero attached hydrogens (tertiary/aromatic N) is 4. The molecule has 0 bridgehead atoms. The molecule has 3 aromatic rings. The fourth-order valence-corrected chi connectivity index (χ4v) is 5.66. The van der Waals surface area contributed by atoms with Gasteiger partial charge < -0.3 is 20.2 Å². The van der Waals surface area contributed by atoms with Crippen molar-refractivity contribution in [1.29, 1.82) is 0 Å². The van der Waals surface area contributed by atoms with Crippen molar-refractivity contribution in [3.05, 3.63) is 65.4 Å². The van der Waals surface area contributed by atoms with Crippen LogP contribution >= 0.6 is 0 Å². The number of aromatic nitrogens is 2. The molecule has 2 aliphatic rings. The van der Waals surface area contributed by atoms with Crippen molar-refractivity contribution < 1.29 is 18.3 Å². The lowest BCUT2D eigenvalue weighted by molar-refractivity contribution is 0.102. The van der Waals surface area contributed by atoms with E-state index in [1.807, 2.05) is 12.1 Å². The standard InChI is InChI=1S/C23H26N6O4S/c1-27-9-11-28(12-10-27)17-7-5-16(6-8-17)23(31)24-22-20-14-29(15-21(20)25-26-22)34(32,33)19-4-2-3-18(30)13-19/h2-8,13,30H,9-12,14-15H2,1H3,(H2,24,25,26,31). The summed E-state index contributed by atoms with van der Waals surface area (Å²) in [6.45, 7) is 4.08. The van der Waals surface area contributed by atoms with Crippen LogP contribution in [0.4, 0.5) is 11.5 Å². The Morgan fingerprint density at radius 3 is 2.50 bits per heavy atom. The first-order chi connectivity index (χ1) is 16.3. The summed E-state index contributed by atoms with van der Waals surface area (Å²) in [5.41, 5.74) is 2.84. The maximum Gasteiger partial charge on any atom is 0.256 e. The average Bonchev–Trinajstić information content (AvgIpc) is 3.42. The van der Waals surface area contributed by atoms with Gasteiger partial charge in [-0.1, -0.05) is 6.07 Å². The number of benzene rings is 2. The van der Waals surface area contributed by atoms with Crippen LogP contribution < -0.4 is 10.2 Å². The molecule has 0 saturated carbocycles. The van der Waals surface area contributed by atoms with E-state index in [0.717, 1.165) is 31.9 Å². The number of amides is 1. The van der Waals surface area contributed by atoms with Crippen LogP contribution in [0.25, 0.3) is 0 Å². The Bertz CT molecular complexity index is 1310. The summed E-state index contributed by atoms with van der Waals surface area (Å²) in [5, 5.41) is 19.5. The van der Waals surface area contributed by atoms with Gasteiger partial charge in [-0.05, 0) is 49.5 Å². The van der Waals surface area contributed by atoms with E-state index >= 15 is 0 Å². The van der Waals surface area contributed by atoms with Crippen LogP contribution in [-0.4, -0.2) is 72.1 Å². The molecule has 1 aromatic heterocycles. The molecule has 0 radical (unpaired) electrons. The number of hydrogen-bond acceptors (Lipinski definition) is 7. The summed E-state index contributed by atoms with van der Waals surface area (Å²) in [4.78, 5) is 17.4. The summed E-state index contributed by atoms with van der Waals surface area (Å²) in [6, 6.07) is 13.0. The molecule has 1 amide bonds. The number of hydrogen-bond donors (Lipinski definition) is 3. The topological polar surface area (TPSA) is 122 Å². The smallest absolute Gasteiger partial charge is 0.256 e. The third kappa shape index (κ3) is 4.25. The molecule has 11 heteroatoms. The molecule has 1 saturated heterocycles. The fraction of sp³-hybridized carbons (Fsp3) is 0.304. The van der Waals surface area contributed by atoms with Gasteiger partial charge in [0, 0.05) is 49.5 Å². The Balaban J connectivity index is 1.27. The van der Waals surface area contributed by atoms with Gasteiger partial charge in [0.15, 0.2) is 5.82 Å². The molecule has 178 valence electrons. The Kier molecular flexibility index (Phi) is 5.76. The molecule has 0 spiro atoms. The van der Waals surface area contributed by atoms with Crippen molar-refractivity contribution in [3.8, 4) is 5.75 Å². The number of aromatic hydroxyl groups is 1. The Hall–Kier alpha value is -3.41. The van der Waals surface area contributed by atoms with Gasteiger partial charge in [0.1, 0.15) is 5.75 Å². The number of fused-ring (bicyclic) bond motifs is 1. The van der Waals surface area contributed by atoms with Crippen molar-refractivity contribution in [2.75, 3.05) is 43.4 Å². The van der Waals surface area contributed by atoms with Crippen molar-refractivity contribution in [2.45, 2.75) is 18.0 Å². The van der Waals surface area contributed by atoms with Crippen molar-refractivity contribution in [3.63, 3.8) is 0 Å². The number of phenols is 1. The highest BCUT2D eigenvalue weighted by Gasteiger charge is 2.34. The van der Waals surface area contributed by atoms with E-state index in [0.29, 0.717) is 22.6 Å². The maximum absolute atomic E-state index is 13.0. The molecule has 34 heavy (non-hydrogen) atoms. The lowest BCUT2D eigenvalue weighted by Crippen LogP contribution is -2.44. The number of carbonyl (C=O) groups excluding carboxylic acids is 1. The Morgan fingerprint density at radius 1 is 1.06 bits per heavy atom. The van der Waals surface area contributed by atoms with E-state index in [1.165, 1.54) is 28.6 Å². The number of likely N-dealkylation sites (N-methyl/N-ethyl adjacent to an activating group) is 1. The van der Waals surface area contributed by atoms with Gasteiger partial charge in [0.25, 0.3) is 5.91 Å². The fourth-order valence-electron chi connectivity index (χ4n) is 4.25. The highest BCUT2D eigenvalue weighted by molar-refractivity contribution is 7.89. The number of rotatable bonds is 5. The minimum atomic E-state index is -3.81. The normalized spacial score (nSPS) is 17.0. The lowest BCUT2D eigenvalue weighted by Gasteiger charge is -2.34. The second-order valence-corrected chi connectivity index (χ2v) is 10.5. The molecular weight excluding hydrogens is 456 g/mol. The van der Waals surface area contributed by atoms with Crippen LogP contribution in [0.2, 0.25) is 0 Å². The summed E-state index contributed by atoms with van der Waals surface area (Å²) in [5.74, 6) is -0.114. The summed E-state index contributed by atoms with van der Waals surface area (Å²) in [7, 11) is -1.70. The number of H-pyrrole nitrogens is 1. The van der Waals surface area contributed by atoms with Crippen LogP contribution in [0.3, 0.4) is 0 Å². The maximum atomic E-state index is 13.0. The van der Waals surface area contributed by atoms with Gasteiger partial charge in [-0.2, -0.15) is 9.40 Å². The quantitative estimate of drug-likeness (QED) is 0.507. The molecule has 0 aliphatic carbocycles. The molecule has 0 unspecified atom stereocenters. The van der Waals surface area contributed by atoms with Crippen LogP contribution in [0.5, 0.6) is 5.75 Å². The third-order valence-corrected chi connectivity index (χ3v) is 8.09. The first-order valence-corrected chi connectivity index (χ1v) is 12.5. The van der Waals surface area contributed by atoms with E-state index in [-0.39, 0.29) is 29.6 Å². The number of sulfonamides is 1. The zero-order valence-electron chi connectivity index (χ0n) is 18.7. The van der Waals surface area contributed by atoms with Gasteiger partial charge in [-0.3, -0.25) is 9.89 Å². The van der Waals surface area contributed by atoms with Crippen LogP contribution in [0, 0.1) is 0 Å². The van der Waals surface area contributed by atoms with E-state index in [1.54, 1.807) is 12.1 Å². The van der Waals surface area contributed by atoms with Crippen molar-refractivity contribution in [1.82, 2.24) is 19.4 Å². The minimum Gasteiger partial charge on any atom is -0.508 e.